The number of benzene rings is 1. The maximum atomic E-state index is 5.83. The first-order valence-electron chi connectivity index (χ1n) is 6.69. The molecule has 0 bridgehead atoms. The first kappa shape index (κ1) is 14.2. The van der Waals surface area contributed by atoms with E-state index >= 15 is 0 Å². The van der Waals surface area contributed by atoms with Gasteiger partial charge in [0.05, 0.1) is 6.54 Å². The van der Waals surface area contributed by atoms with Crippen LogP contribution in [0.5, 0.6) is 5.75 Å². The molecule has 1 saturated carbocycles. The lowest BCUT2D eigenvalue weighted by Gasteiger charge is -2.12. The van der Waals surface area contributed by atoms with E-state index in [4.69, 9.17) is 10.5 Å². The maximum Gasteiger partial charge on any atom is 0.188 e. The zero-order valence-electron chi connectivity index (χ0n) is 10.9. The summed E-state index contributed by atoms with van der Waals surface area (Å²) in [4.78, 5) is 4.27. The second kappa shape index (κ2) is 7.38. The van der Waals surface area contributed by atoms with Gasteiger partial charge in [-0.25, -0.2) is 4.99 Å². The Bertz CT molecular complexity index is 413. The van der Waals surface area contributed by atoms with Gasteiger partial charge in [-0.05, 0) is 37.1 Å². The van der Waals surface area contributed by atoms with E-state index in [0.717, 1.165) is 10.2 Å². The molecule has 0 amide bonds. The van der Waals surface area contributed by atoms with Gasteiger partial charge in [-0.3, -0.25) is 0 Å². The summed E-state index contributed by atoms with van der Waals surface area (Å²) in [5.74, 6) is 1.38. The number of guanidine groups is 1. The molecule has 1 fully saturated rings. The van der Waals surface area contributed by atoms with Gasteiger partial charge in [0.1, 0.15) is 12.4 Å². The molecule has 0 aromatic heterocycles. The van der Waals surface area contributed by atoms with Crippen molar-refractivity contribution >= 4 is 21.9 Å². The summed E-state index contributed by atoms with van der Waals surface area (Å²) < 4.78 is 6.61. The summed E-state index contributed by atoms with van der Waals surface area (Å²) in [5.41, 5.74) is 5.83. The predicted octanol–water partition coefficient (Wildman–Crippen LogP) is 2.67. The summed E-state index contributed by atoms with van der Waals surface area (Å²) in [7, 11) is 0. The van der Waals surface area contributed by atoms with Crippen LogP contribution in [0.25, 0.3) is 0 Å². The molecule has 104 valence electrons. The van der Waals surface area contributed by atoms with Crippen molar-refractivity contribution in [3.05, 3.63) is 28.7 Å². The highest BCUT2D eigenvalue weighted by Crippen LogP contribution is 2.17. The quantitative estimate of drug-likeness (QED) is 0.497. The maximum absolute atomic E-state index is 5.83. The Kier molecular flexibility index (Phi) is 5.51. The van der Waals surface area contributed by atoms with Gasteiger partial charge in [0, 0.05) is 10.5 Å². The molecule has 2 rings (SSSR count). The van der Waals surface area contributed by atoms with E-state index in [0.29, 0.717) is 25.2 Å². The predicted molar refractivity (Wildman–Crippen MR) is 81.5 cm³/mol. The van der Waals surface area contributed by atoms with Crippen LogP contribution in [0.2, 0.25) is 0 Å². The van der Waals surface area contributed by atoms with E-state index in [9.17, 15) is 0 Å². The Hall–Kier alpha value is -1.23. The Morgan fingerprint density at radius 1 is 1.32 bits per heavy atom. The summed E-state index contributed by atoms with van der Waals surface area (Å²) in [6.07, 6.45) is 4.98. The summed E-state index contributed by atoms with van der Waals surface area (Å²) in [6.45, 7) is 1.11. The molecule has 0 unspecified atom stereocenters. The highest BCUT2D eigenvalue weighted by molar-refractivity contribution is 9.10. The SMILES string of the molecule is NC(=NCCOc1ccc(Br)cc1)NC1CCCC1. The number of rotatable bonds is 5. The van der Waals surface area contributed by atoms with Crippen LogP contribution in [-0.2, 0) is 0 Å². The molecule has 1 aliphatic carbocycles. The highest BCUT2D eigenvalue weighted by Gasteiger charge is 2.14. The van der Waals surface area contributed by atoms with Gasteiger partial charge in [-0.1, -0.05) is 28.8 Å². The number of ether oxygens (including phenoxy) is 1. The van der Waals surface area contributed by atoms with E-state index < -0.39 is 0 Å². The third kappa shape index (κ3) is 5.11. The van der Waals surface area contributed by atoms with Crippen molar-refractivity contribution in [3.8, 4) is 5.75 Å². The van der Waals surface area contributed by atoms with E-state index in [2.05, 4.69) is 26.2 Å². The summed E-state index contributed by atoms with van der Waals surface area (Å²) >= 11 is 3.39. The molecule has 1 aliphatic rings. The number of hydrogen-bond donors (Lipinski definition) is 2. The molecule has 0 heterocycles. The third-order valence-corrected chi connectivity index (χ3v) is 3.69. The van der Waals surface area contributed by atoms with Gasteiger partial charge < -0.3 is 15.8 Å². The van der Waals surface area contributed by atoms with Crippen molar-refractivity contribution < 1.29 is 4.74 Å². The lowest BCUT2D eigenvalue weighted by molar-refractivity contribution is 0.328. The summed E-state index contributed by atoms with van der Waals surface area (Å²) in [6, 6.07) is 8.27. The van der Waals surface area contributed by atoms with Crippen LogP contribution in [-0.4, -0.2) is 25.2 Å². The van der Waals surface area contributed by atoms with Gasteiger partial charge in [0.25, 0.3) is 0 Å². The molecule has 4 nitrogen and oxygen atoms in total. The fourth-order valence-corrected chi connectivity index (χ4v) is 2.45. The van der Waals surface area contributed by atoms with Crippen molar-refractivity contribution in [2.75, 3.05) is 13.2 Å². The zero-order valence-corrected chi connectivity index (χ0v) is 12.5. The second-order valence-corrected chi connectivity index (χ2v) is 5.61. The molecule has 0 aliphatic heterocycles. The number of halogens is 1. The number of hydrogen-bond acceptors (Lipinski definition) is 2. The fourth-order valence-electron chi connectivity index (χ4n) is 2.19. The van der Waals surface area contributed by atoms with Crippen molar-refractivity contribution in [1.29, 1.82) is 0 Å². The molecule has 0 atom stereocenters. The molecular weight excluding hydrogens is 306 g/mol. The van der Waals surface area contributed by atoms with Crippen molar-refractivity contribution in [2.24, 2.45) is 10.7 Å². The number of aliphatic imine (C=N–C) groups is 1. The second-order valence-electron chi connectivity index (χ2n) is 4.70. The number of nitrogens with one attached hydrogen (secondary N) is 1. The van der Waals surface area contributed by atoms with E-state index in [1.165, 1.54) is 25.7 Å². The van der Waals surface area contributed by atoms with Crippen LogP contribution in [0.1, 0.15) is 25.7 Å². The van der Waals surface area contributed by atoms with Crippen LogP contribution in [0.4, 0.5) is 0 Å². The van der Waals surface area contributed by atoms with Crippen molar-refractivity contribution in [3.63, 3.8) is 0 Å². The third-order valence-electron chi connectivity index (χ3n) is 3.16. The van der Waals surface area contributed by atoms with Crippen LogP contribution in [0.3, 0.4) is 0 Å². The van der Waals surface area contributed by atoms with Crippen molar-refractivity contribution in [2.45, 2.75) is 31.7 Å². The molecule has 3 N–H and O–H groups in total. The molecule has 19 heavy (non-hydrogen) atoms. The van der Waals surface area contributed by atoms with Crippen molar-refractivity contribution in [1.82, 2.24) is 5.32 Å². The standard InChI is InChI=1S/C14H20BrN3O/c15-11-5-7-13(8-6-11)19-10-9-17-14(16)18-12-3-1-2-4-12/h5-8,12H,1-4,9-10H2,(H3,16,17,18). The first-order chi connectivity index (χ1) is 9.24. The average Bonchev–Trinajstić information content (AvgIpc) is 2.89. The van der Waals surface area contributed by atoms with Crippen LogP contribution >= 0.6 is 15.9 Å². The molecule has 5 heteroatoms. The molecule has 0 saturated heterocycles. The minimum atomic E-state index is 0.510. The van der Waals surface area contributed by atoms with Gasteiger partial charge >= 0.3 is 0 Å². The van der Waals surface area contributed by atoms with Crippen LogP contribution in [0, 0.1) is 0 Å². The Morgan fingerprint density at radius 3 is 2.68 bits per heavy atom. The van der Waals surface area contributed by atoms with E-state index in [-0.39, 0.29) is 0 Å². The molecule has 0 spiro atoms. The van der Waals surface area contributed by atoms with E-state index in [1.807, 2.05) is 24.3 Å². The fraction of sp³-hybridized carbons (Fsp3) is 0.500. The molecular formula is C14H20BrN3O. The largest absolute Gasteiger partial charge is 0.492 e. The Morgan fingerprint density at radius 2 is 2.00 bits per heavy atom. The monoisotopic (exact) mass is 325 g/mol. The van der Waals surface area contributed by atoms with Gasteiger partial charge in [0.15, 0.2) is 5.96 Å². The smallest absolute Gasteiger partial charge is 0.188 e. The average molecular weight is 326 g/mol. The highest BCUT2D eigenvalue weighted by atomic mass is 79.9. The van der Waals surface area contributed by atoms with E-state index in [1.54, 1.807) is 0 Å². The van der Waals surface area contributed by atoms with Crippen LogP contribution in [0.15, 0.2) is 33.7 Å². The number of nitrogens with two attached hydrogens (primary N) is 1. The normalized spacial score (nSPS) is 16.6. The van der Waals surface area contributed by atoms with Crippen LogP contribution < -0.4 is 15.8 Å². The lowest BCUT2D eigenvalue weighted by atomic mass is 10.2. The summed E-state index contributed by atoms with van der Waals surface area (Å²) in [5, 5.41) is 3.25. The number of nitrogens with zero attached hydrogens (tertiary/aromatic N) is 1. The Balaban J connectivity index is 1.66. The zero-order chi connectivity index (χ0) is 13.5. The first-order valence-corrected chi connectivity index (χ1v) is 7.48. The molecule has 1 aromatic rings. The minimum Gasteiger partial charge on any atom is -0.492 e. The minimum absolute atomic E-state index is 0.510. The molecule has 1 aromatic carbocycles. The Labute approximate surface area is 122 Å². The van der Waals surface area contributed by atoms with Gasteiger partial charge in [-0.2, -0.15) is 0 Å². The molecule has 0 radical (unpaired) electrons. The lowest BCUT2D eigenvalue weighted by Crippen LogP contribution is -2.38. The van der Waals surface area contributed by atoms with Gasteiger partial charge in [-0.15, -0.1) is 0 Å². The van der Waals surface area contributed by atoms with Gasteiger partial charge in [0.2, 0.25) is 0 Å². The topological polar surface area (TPSA) is 59.6 Å².